The lowest BCUT2D eigenvalue weighted by atomic mass is 9.81. The Kier molecular flexibility index (Phi) is 2.42. The maximum Gasteiger partial charge on any atom is 0.390 e. The zero-order valence-electron chi connectivity index (χ0n) is 8.27. The molecule has 2 aliphatic heterocycles. The minimum Gasteiger partial charge on any atom is -0.308 e. The summed E-state index contributed by atoms with van der Waals surface area (Å²) in [5.74, 6) is -0.207. The number of hydrogen-bond donors (Lipinski definition) is 1. The van der Waals surface area contributed by atoms with Crippen molar-refractivity contribution >= 4 is 0 Å². The van der Waals surface area contributed by atoms with Gasteiger partial charge in [0.15, 0.2) is 0 Å². The second-order valence-corrected chi connectivity index (χ2v) is 4.72. The summed E-state index contributed by atoms with van der Waals surface area (Å²) in [6.07, 6.45) is -2.56. The molecule has 84 valence electrons. The van der Waals surface area contributed by atoms with Crippen LogP contribution in [-0.2, 0) is 0 Å². The molecule has 0 aliphatic carbocycles. The monoisotopic (exact) mass is 218 g/mol. The molecule has 3 unspecified atom stereocenters. The number of hydrogen-bond acceptors (Lipinski definition) is 2. The molecule has 1 N–H and O–H groups in total. The molecule has 2 aliphatic rings. The van der Waals surface area contributed by atoms with Crippen molar-refractivity contribution in [2.75, 3.05) is 0 Å². The Balaban J connectivity index is 2.11. The van der Waals surface area contributed by atoms with E-state index in [9.17, 15) is 13.2 Å². The molecule has 0 saturated carbocycles. The first-order valence-corrected chi connectivity index (χ1v) is 5.17. The van der Waals surface area contributed by atoms with E-state index in [0.29, 0.717) is 19.3 Å². The Morgan fingerprint density at radius 1 is 1.47 bits per heavy atom. The van der Waals surface area contributed by atoms with Gasteiger partial charge in [-0.15, -0.1) is 0 Å². The largest absolute Gasteiger partial charge is 0.390 e. The molecule has 2 bridgehead atoms. The van der Waals surface area contributed by atoms with E-state index in [1.54, 1.807) is 0 Å². The molecule has 2 heterocycles. The maximum absolute atomic E-state index is 12.4. The highest BCUT2D eigenvalue weighted by atomic mass is 19.4. The second-order valence-electron chi connectivity index (χ2n) is 4.72. The van der Waals surface area contributed by atoms with Crippen LogP contribution in [0, 0.1) is 17.2 Å². The fourth-order valence-corrected chi connectivity index (χ4v) is 2.96. The quantitative estimate of drug-likeness (QED) is 0.733. The van der Waals surface area contributed by atoms with Gasteiger partial charge in [-0.05, 0) is 25.7 Å². The van der Waals surface area contributed by atoms with Gasteiger partial charge < -0.3 is 5.32 Å². The number of piperidine rings is 1. The van der Waals surface area contributed by atoms with Crippen LogP contribution in [0.2, 0.25) is 0 Å². The standard InChI is InChI=1S/C10H13F3N2/c11-10(12,13)6-9-2-1-8(15-9)3-7(4-9)5-14/h7-8,15H,1-4,6H2. The third-order valence-electron chi connectivity index (χ3n) is 3.41. The first kappa shape index (κ1) is 10.7. The predicted molar refractivity (Wildman–Crippen MR) is 47.9 cm³/mol. The topological polar surface area (TPSA) is 35.8 Å². The highest BCUT2D eigenvalue weighted by Crippen LogP contribution is 2.44. The lowest BCUT2D eigenvalue weighted by Gasteiger charge is -2.37. The molecular weight excluding hydrogens is 205 g/mol. The summed E-state index contributed by atoms with van der Waals surface area (Å²) in [6, 6.07) is 2.22. The van der Waals surface area contributed by atoms with Crippen LogP contribution < -0.4 is 5.32 Å². The van der Waals surface area contributed by atoms with Crippen LogP contribution in [0.15, 0.2) is 0 Å². The van der Waals surface area contributed by atoms with Gasteiger partial charge in [-0.1, -0.05) is 0 Å². The van der Waals surface area contributed by atoms with Gasteiger partial charge >= 0.3 is 6.18 Å². The Hall–Kier alpha value is -0.760. The predicted octanol–water partition coefficient (Wildman–Crippen LogP) is 2.36. The van der Waals surface area contributed by atoms with Gasteiger partial charge in [-0.3, -0.25) is 0 Å². The molecular formula is C10H13F3N2. The molecule has 2 fully saturated rings. The van der Waals surface area contributed by atoms with E-state index in [-0.39, 0.29) is 12.0 Å². The van der Waals surface area contributed by atoms with Gasteiger partial charge in [0.1, 0.15) is 0 Å². The summed E-state index contributed by atoms with van der Waals surface area (Å²) in [7, 11) is 0. The van der Waals surface area contributed by atoms with Gasteiger partial charge in [-0.2, -0.15) is 18.4 Å². The molecule has 2 rings (SSSR count). The molecule has 15 heavy (non-hydrogen) atoms. The lowest BCUT2D eigenvalue weighted by Crippen LogP contribution is -2.51. The number of nitriles is 1. The molecule has 0 amide bonds. The summed E-state index contributed by atoms with van der Waals surface area (Å²) >= 11 is 0. The van der Waals surface area contributed by atoms with Crippen LogP contribution in [0.25, 0.3) is 0 Å². The van der Waals surface area contributed by atoms with E-state index >= 15 is 0 Å². The van der Waals surface area contributed by atoms with Crippen molar-refractivity contribution in [3.63, 3.8) is 0 Å². The molecule has 5 heteroatoms. The van der Waals surface area contributed by atoms with Crippen molar-refractivity contribution < 1.29 is 13.2 Å². The summed E-state index contributed by atoms with van der Waals surface area (Å²) in [6.45, 7) is 0. The van der Waals surface area contributed by atoms with E-state index in [1.807, 2.05) is 0 Å². The SMILES string of the molecule is N#CC1CC2CCC(CC(F)(F)F)(C1)N2. The average Bonchev–Trinajstić information content (AvgIpc) is 2.38. The van der Waals surface area contributed by atoms with Crippen molar-refractivity contribution in [3.8, 4) is 6.07 Å². The number of fused-ring (bicyclic) bond motifs is 2. The van der Waals surface area contributed by atoms with Crippen molar-refractivity contribution in [2.45, 2.75) is 49.9 Å². The van der Waals surface area contributed by atoms with Crippen LogP contribution in [-0.4, -0.2) is 17.8 Å². The molecule has 0 aromatic carbocycles. The van der Waals surface area contributed by atoms with Gasteiger partial charge in [0.25, 0.3) is 0 Å². The lowest BCUT2D eigenvalue weighted by molar-refractivity contribution is -0.151. The molecule has 3 atom stereocenters. The van der Waals surface area contributed by atoms with Gasteiger partial charge in [0, 0.05) is 17.5 Å². The van der Waals surface area contributed by atoms with Crippen molar-refractivity contribution in [1.82, 2.24) is 5.32 Å². The van der Waals surface area contributed by atoms with E-state index in [0.717, 1.165) is 6.42 Å². The van der Waals surface area contributed by atoms with E-state index in [2.05, 4.69) is 11.4 Å². The highest BCUT2D eigenvalue weighted by molar-refractivity contribution is 5.08. The van der Waals surface area contributed by atoms with Crippen LogP contribution in [0.5, 0.6) is 0 Å². The number of nitrogens with zero attached hydrogens (tertiary/aromatic N) is 1. The van der Waals surface area contributed by atoms with Gasteiger partial charge in [-0.25, -0.2) is 0 Å². The molecule has 0 aromatic rings. The first-order valence-electron chi connectivity index (χ1n) is 5.17. The highest BCUT2D eigenvalue weighted by Gasteiger charge is 2.50. The van der Waals surface area contributed by atoms with Crippen LogP contribution in [0.3, 0.4) is 0 Å². The number of halogens is 3. The van der Waals surface area contributed by atoms with E-state index < -0.39 is 18.1 Å². The van der Waals surface area contributed by atoms with E-state index in [1.165, 1.54) is 0 Å². The van der Waals surface area contributed by atoms with Crippen molar-refractivity contribution in [1.29, 1.82) is 5.26 Å². The number of alkyl halides is 3. The Morgan fingerprint density at radius 3 is 2.80 bits per heavy atom. The minimum atomic E-state index is -4.14. The maximum atomic E-state index is 12.4. The smallest absolute Gasteiger partial charge is 0.308 e. The molecule has 2 nitrogen and oxygen atoms in total. The molecule has 0 spiro atoms. The van der Waals surface area contributed by atoms with Crippen LogP contribution in [0.1, 0.15) is 32.1 Å². The third-order valence-corrected chi connectivity index (χ3v) is 3.41. The summed E-state index contributed by atoms with van der Waals surface area (Å²) in [5.41, 5.74) is -0.846. The fourth-order valence-electron chi connectivity index (χ4n) is 2.96. The zero-order chi connectivity index (χ0) is 11.1. The Labute approximate surface area is 86.5 Å². The summed E-state index contributed by atoms with van der Waals surface area (Å²) in [4.78, 5) is 0. The van der Waals surface area contributed by atoms with Crippen molar-refractivity contribution in [2.24, 2.45) is 5.92 Å². The molecule has 2 saturated heterocycles. The van der Waals surface area contributed by atoms with E-state index in [4.69, 9.17) is 5.26 Å². The Bertz CT molecular complexity index is 294. The minimum absolute atomic E-state index is 0.116. The average molecular weight is 218 g/mol. The van der Waals surface area contributed by atoms with Crippen molar-refractivity contribution in [3.05, 3.63) is 0 Å². The number of rotatable bonds is 1. The Morgan fingerprint density at radius 2 is 2.20 bits per heavy atom. The summed E-state index contributed by atoms with van der Waals surface area (Å²) in [5, 5.41) is 11.9. The molecule has 0 radical (unpaired) electrons. The first-order chi connectivity index (χ1) is 6.92. The van der Waals surface area contributed by atoms with Crippen LogP contribution >= 0.6 is 0 Å². The van der Waals surface area contributed by atoms with Gasteiger partial charge in [0.2, 0.25) is 0 Å². The molecule has 0 aromatic heterocycles. The fraction of sp³-hybridized carbons (Fsp3) is 0.900. The third kappa shape index (κ3) is 2.25. The van der Waals surface area contributed by atoms with Crippen LogP contribution in [0.4, 0.5) is 13.2 Å². The zero-order valence-corrected chi connectivity index (χ0v) is 8.27. The number of nitrogens with one attached hydrogen (secondary N) is 1. The second kappa shape index (κ2) is 3.38. The summed E-state index contributed by atoms with van der Waals surface area (Å²) < 4.78 is 37.2. The normalized spacial score (nSPS) is 40.1. The van der Waals surface area contributed by atoms with Gasteiger partial charge in [0.05, 0.1) is 12.5 Å².